The van der Waals surface area contributed by atoms with Gasteiger partial charge in [0.05, 0.1) is 19.0 Å². The third-order valence-corrected chi connectivity index (χ3v) is 3.37. The van der Waals surface area contributed by atoms with Crippen LogP contribution in [0.5, 0.6) is 5.75 Å². The molecule has 0 saturated carbocycles. The van der Waals surface area contributed by atoms with Gasteiger partial charge in [-0.2, -0.15) is 4.39 Å². The van der Waals surface area contributed by atoms with Crippen LogP contribution in [0.15, 0.2) is 30.6 Å². The van der Waals surface area contributed by atoms with Crippen molar-refractivity contribution in [1.29, 1.82) is 0 Å². The fourth-order valence-corrected chi connectivity index (χ4v) is 2.22. The van der Waals surface area contributed by atoms with Crippen LogP contribution in [0.4, 0.5) is 17.6 Å². The molecule has 1 unspecified atom stereocenters. The topological polar surface area (TPSA) is 53.3 Å². The van der Waals surface area contributed by atoms with E-state index in [1.807, 2.05) is 0 Å². The molecule has 136 valence electrons. The Bertz CT molecular complexity index is 743. The first kappa shape index (κ1) is 18.8. The van der Waals surface area contributed by atoms with Crippen LogP contribution in [0.2, 0.25) is 0 Å². The van der Waals surface area contributed by atoms with Gasteiger partial charge in [-0.15, -0.1) is 13.2 Å². The lowest BCUT2D eigenvalue weighted by atomic mass is 10.1. The molecule has 1 aromatic heterocycles. The van der Waals surface area contributed by atoms with E-state index in [0.29, 0.717) is 12.0 Å². The molecular weight excluding hydrogens is 344 g/mol. The summed E-state index contributed by atoms with van der Waals surface area (Å²) in [5.74, 6) is -2.30. The van der Waals surface area contributed by atoms with Crippen molar-refractivity contribution in [2.24, 2.45) is 0 Å². The number of aromatic nitrogens is 2. The van der Waals surface area contributed by atoms with Crippen molar-refractivity contribution in [3.63, 3.8) is 0 Å². The van der Waals surface area contributed by atoms with Crippen LogP contribution in [-0.4, -0.2) is 28.5 Å². The molecule has 2 rings (SSSR count). The number of esters is 1. The van der Waals surface area contributed by atoms with Gasteiger partial charge in [-0.1, -0.05) is 19.1 Å². The van der Waals surface area contributed by atoms with E-state index in [4.69, 9.17) is 4.74 Å². The lowest BCUT2D eigenvalue weighted by molar-refractivity contribution is -0.274. The van der Waals surface area contributed by atoms with Crippen LogP contribution in [0.3, 0.4) is 0 Å². The largest absolute Gasteiger partial charge is 0.573 e. The Morgan fingerprint density at radius 1 is 1.36 bits per heavy atom. The van der Waals surface area contributed by atoms with Crippen molar-refractivity contribution in [1.82, 2.24) is 9.55 Å². The lowest BCUT2D eigenvalue weighted by Crippen LogP contribution is -2.18. The van der Waals surface area contributed by atoms with E-state index in [2.05, 4.69) is 9.72 Å². The Kier molecular flexibility index (Phi) is 5.66. The Morgan fingerprint density at radius 2 is 2.08 bits per heavy atom. The quantitative estimate of drug-likeness (QED) is 0.575. The van der Waals surface area contributed by atoms with Gasteiger partial charge in [0.1, 0.15) is 5.75 Å². The van der Waals surface area contributed by atoms with Gasteiger partial charge in [0.2, 0.25) is 5.95 Å². The predicted octanol–water partition coefficient (Wildman–Crippen LogP) is 4.10. The number of nitrogens with zero attached hydrogens (tertiary/aromatic N) is 2. The zero-order valence-electron chi connectivity index (χ0n) is 13.5. The molecule has 1 aromatic carbocycles. The minimum Gasteiger partial charge on any atom is -0.461 e. The molecule has 0 aliphatic rings. The highest BCUT2D eigenvalue weighted by molar-refractivity contribution is 5.87. The Balaban J connectivity index is 2.31. The van der Waals surface area contributed by atoms with E-state index in [1.54, 1.807) is 13.8 Å². The molecule has 25 heavy (non-hydrogen) atoms. The number of hydrogen-bond donors (Lipinski definition) is 0. The van der Waals surface area contributed by atoms with Gasteiger partial charge in [-0.3, -0.25) is 0 Å². The molecule has 0 aliphatic heterocycles. The molecule has 0 radical (unpaired) electrons. The van der Waals surface area contributed by atoms with Crippen molar-refractivity contribution in [3.05, 3.63) is 47.8 Å². The van der Waals surface area contributed by atoms with Crippen molar-refractivity contribution in [2.75, 3.05) is 6.61 Å². The van der Waals surface area contributed by atoms with Crippen LogP contribution in [0.25, 0.3) is 0 Å². The molecule has 0 fully saturated rings. The number of alkyl halides is 3. The summed E-state index contributed by atoms with van der Waals surface area (Å²) >= 11 is 0. The van der Waals surface area contributed by atoms with E-state index in [-0.39, 0.29) is 12.3 Å². The lowest BCUT2D eigenvalue weighted by Gasteiger charge is -2.17. The molecule has 5 nitrogen and oxygen atoms in total. The van der Waals surface area contributed by atoms with E-state index in [0.717, 1.165) is 18.5 Å². The number of benzene rings is 1. The number of imidazole rings is 1. The smallest absolute Gasteiger partial charge is 0.461 e. The predicted molar refractivity (Wildman–Crippen MR) is 79.7 cm³/mol. The number of halogens is 4. The third kappa shape index (κ3) is 4.71. The number of hydrogen-bond acceptors (Lipinski definition) is 4. The fraction of sp³-hybridized carbons (Fsp3) is 0.375. The van der Waals surface area contributed by atoms with Gasteiger partial charge in [-0.05, 0) is 31.0 Å². The molecular formula is C16H16F4N2O3. The third-order valence-electron chi connectivity index (χ3n) is 3.37. The summed E-state index contributed by atoms with van der Waals surface area (Å²) in [5, 5.41) is 0. The van der Waals surface area contributed by atoms with Gasteiger partial charge >= 0.3 is 12.3 Å². The highest BCUT2D eigenvalue weighted by atomic mass is 19.4. The van der Waals surface area contributed by atoms with E-state index in [1.165, 1.54) is 16.7 Å². The first-order valence-electron chi connectivity index (χ1n) is 7.48. The molecule has 9 heteroatoms. The highest BCUT2D eigenvalue weighted by Gasteiger charge is 2.31. The summed E-state index contributed by atoms with van der Waals surface area (Å²) in [7, 11) is 0. The number of carbonyl (C=O) groups excluding carboxylic acids is 1. The van der Waals surface area contributed by atoms with Crippen molar-refractivity contribution in [2.45, 2.75) is 32.7 Å². The molecule has 0 amide bonds. The molecule has 0 N–H and O–H groups in total. The van der Waals surface area contributed by atoms with Gasteiger partial charge in [0.15, 0.2) is 5.69 Å². The van der Waals surface area contributed by atoms with Crippen LogP contribution in [0.1, 0.15) is 42.4 Å². The standard InChI is InChI=1S/C16H16F4N2O3/c1-3-7-24-15(23)13-14(17)21-9-22(13)10(2)11-5-4-6-12(8-11)25-16(18,19)20/h4-6,8-10H,3,7H2,1-2H3. The Morgan fingerprint density at radius 3 is 2.72 bits per heavy atom. The average Bonchev–Trinajstić information content (AvgIpc) is 2.92. The number of carbonyl (C=O) groups is 1. The first-order chi connectivity index (χ1) is 11.7. The summed E-state index contributed by atoms with van der Waals surface area (Å²) in [6.45, 7) is 3.49. The SMILES string of the molecule is CCCOC(=O)c1c(F)ncn1C(C)c1cccc(OC(F)(F)F)c1. The second kappa shape index (κ2) is 7.54. The van der Waals surface area contributed by atoms with Crippen molar-refractivity contribution >= 4 is 5.97 Å². The summed E-state index contributed by atoms with van der Waals surface area (Å²) in [4.78, 5) is 15.5. The van der Waals surface area contributed by atoms with Crippen LogP contribution >= 0.6 is 0 Å². The van der Waals surface area contributed by atoms with Crippen LogP contribution in [0, 0.1) is 5.95 Å². The van der Waals surface area contributed by atoms with Gasteiger partial charge in [-0.25, -0.2) is 9.78 Å². The summed E-state index contributed by atoms with van der Waals surface area (Å²) in [6.07, 6.45) is -3.16. The zero-order valence-corrected chi connectivity index (χ0v) is 13.5. The molecule has 0 saturated heterocycles. The maximum atomic E-state index is 13.9. The summed E-state index contributed by atoms with van der Waals surface area (Å²) < 4.78 is 60.9. The molecule has 1 atom stereocenters. The Labute approximate surface area is 141 Å². The minimum absolute atomic E-state index is 0.118. The molecule has 0 spiro atoms. The number of rotatable bonds is 6. The first-order valence-corrected chi connectivity index (χ1v) is 7.48. The zero-order chi connectivity index (χ0) is 18.6. The molecule has 0 bridgehead atoms. The van der Waals surface area contributed by atoms with Gasteiger partial charge in [0, 0.05) is 0 Å². The molecule has 0 aliphatic carbocycles. The van der Waals surface area contributed by atoms with Crippen molar-refractivity contribution in [3.8, 4) is 5.75 Å². The van der Waals surface area contributed by atoms with E-state index >= 15 is 0 Å². The average molecular weight is 360 g/mol. The maximum absolute atomic E-state index is 13.9. The second-order valence-corrected chi connectivity index (χ2v) is 5.22. The fourth-order valence-electron chi connectivity index (χ4n) is 2.22. The van der Waals surface area contributed by atoms with Crippen LogP contribution in [-0.2, 0) is 4.74 Å². The monoisotopic (exact) mass is 360 g/mol. The summed E-state index contributed by atoms with van der Waals surface area (Å²) in [6, 6.07) is 4.55. The van der Waals surface area contributed by atoms with E-state index < -0.39 is 30.1 Å². The second-order valence-electron chi connectivity index (χ2n) is 5.22. The van der Waals surface area contributed by atoms with Gasteiger partial charge in [0.25, 0.3) is 0 Å². The summed E-state index contributed by atoms with van der Waals surface area (Å²) in [5.41, 5.74) is -0.00761. The molecule has 1 heterocycles. The highest BCUT2D eigenvalue weighted by Crippen LogP contribution is 2.28. The minimum atomic E-state index is -4.82. The van der Waals surface area contributed by atoms with Crippen molar-refractivity contribution < 1.29 is 31.8 Å². The Hall–Kier alpha value is -2.58. The van der Waals surface area contributed by atoms with E-state index in [9.17, 15) is 22.4 Å². The van der Waals surface area contributed by atoms with Gasteiger partial charge < -0.3 is 14.0 Å². The number of ether oxygens (including phenoxy) is 2. The maximum Gasteiger partial charge on any atom is 0.573 e. The molecule has 2 aromatic rings. The normalized spacial score (nSPS) is 12.7. The van der Waals surface area contributed by atoms with Crippen LogP contribution < -0.4 is 4.74 Å².